The maximum absolute atomic E-state index is 13.2. The number of carbonyl (C=O) groups is 1. The lowest BCUT2D eigenvalue weighted by atomic mass is 10.0. The molecular formula is C26H33N3O. The number of pyridine rings is 1. The second-order valence-corrected chi connectivity index (χ2v) is 7.99. The van der Waals surface area contributed by atoms with Crippen LogP contribution in [0.15, 0.2) is 54.6 Å². The molecule has 0 saturated heterocycles. The minimum Gasteiger partial charge on any atom is -0.350 e. The highest BCUT2D eigenvalue weighted by Crippen LogP contribution is 2.26. The molecule has 4 heteroatoms. The molecule has 1 heterocycles. The van der Waals surface area contributed by atoms with Crippen LogP contribution < -0.4 is 5.32 Å². The van der Waals surface area contributed by atoms with E-state index in [-0.39, 0.29) is 11.9 Å². The van der Waals surface area contributed by atoms with Crippen LogP contribution in [0.4, 0.5) is 0 Å². The predicted octanol–water partition coefficient (Wildman–Crippen LogP) is 5.45. The lowest BCUT2D eigenvalue weighted by Crippen LogP contribution is -2.34. The molecule has 158 valence electrons. The Balaban J connectivity index is 1.82. The summed E-state index contributed by atoms with van der Waals surface area (Å²) in [4.78, 5) is 20.5. The Bertz CT molecular complexity index is 980. The molecule has 3 rings (SSSR count). The van der Waals surface area contributed by atoms with E-state index < -0.39 is 0 Å². The number of hydrogen-bond donors (Lipinski definition) is 1. The van der Waals surface area contributed by atoms with Crippen molar-refractivity contribution in [1.82, 2.24) is 15.2 Å². The number of amides is 1. The van der Waals surface area contributed by atoms with E-state index in [0.717, 1.165) is 60.2 Å². The molecule has 1 atom stereocenters. The number of benzene rings is 2. The molecule has 0 aliphatic rings. The molecule has 0 fully saturated rings. The minimum absolute atomic E-state index is 0.0273. The monoisotopic (exact) mass is 403 g/mol. The van der Waals surface area contributed by atoms with Gasteiger partial charge in [0.2, 0.25) is 0 Å². The molecule has 0 bridgehead atoms. The summed E-state index contributed by atoms with van der Waals surface area (Å²) in [6, 6.07) is 18.2. The first-order valence-electron chi connectivity index (χ1n) is 11.0. The number of nitrogens with one attached hydrogen (secondary N) is 1. The van der Waals surface area contributed by atoms with E-state index in [2.05, 4.69) is 37.1 Å². The fourth-order valence-electron chi connectivity index (χ4n) is 3.82. The standard InChI is InChI=1S/C26H33N3O/c1-5-29(6-2)16-10-11-20(4)27-26(30)23-18-25(21-12-8-7-9-13-21)28-24-15-14-19(3)17-22(23)24/h7-9,12-15,17-18,20H,5-6,10-11,16H2,1-4H3,(H,27,30)/t20-/m0/s1. The van der Waals surface area contributed by atoms with Crippen molar-refractivity contribution in [3.05, 3.63) is 65.7 Å². The highest BCUT2D eigenvalue weighted by Gasteiger charge is 2.16. The largest absolute Gasteiger partial charge is 0.350 e. The molecule has 0 radical (unpaired) electrons. The van der Waals surface area contributed by atoms with Gasteiger partial charge < -0.3 is 10.2 Å². The molecule has 0 unspecified atom stereocenters. The normalized spacial score (nSPS) is 12.3. The van der Waals surface area contributed by atoms with Gasteiger partial charge >= 0.3 is 0 Å². The van der Waals surface area contributed by atoms with Crippen LogP contribution in [0.1, 0.15) is 49.5 Å². The zero-order valence-electron chi connectivity index (χ0n) is 18.6. The van der Waals surface area contributed by atoms with Gasteiger partial charge in [-0.25, -0.2) is 4.98 Å². The zero-order chi connectivity index (χ0) is 21.5. The van der Waals surface area contributed by atoms with Crippen LogP contribution in [0.2, 0.25) is 0 Å². The molecule has 0 aliphatic carbocycles. The summed E-state index contributed by atoms with van der Waals surface area (Å²) in [6.07, 6.45) is 2.05. The van der Waals surface area contributed by atoms with Crippen molar-refractivity contribution in [3.8, 4) is 11.3 Å². The average Bonchev–Trinajstić information content (AvgIpc) is 2.76. The summed E-state index contributed by atoms with van der Waals surface area (Å²) in [7, 11) is 0. The fraction of sp³-hybridized carbons (Fsp3) is 0.385. The van der Waals surface area contributed by atoms with Crippen molar-refractivity contribution in [1.29, 1.82) is 0 Å². The molecule has 0 spiro atoms. The van der Waals surface area contributed by atoms with Gasteiger partial charge in [0.1, 0.15) is 0 Å². The molecule has 0 saturated carbocycles. The van der Waals surface area contributed by atoms with Crippen LogP contribution in [0, 0.1) is 6.92 Å². The van der Waals surface area contributed by atoms with Gasteiger partial charge in [0.05, 0.1) is 16.8 Å². The molecule has 1 amide bonds. The predicted molar refractivity (Wildman–Crippen MR) is 126 cm³/mol. The Morgan fingerprint density at radius 3 is 2.50 bits per heavy atom. The molecule has 0 aliphatic heterocycles. The second-order valence-electron chi connectivity index (χ2n) is 7.99. The zero-order valence-corrected chi connectivity index (χ0v) is 18.6. The third-order valence-electron chi connectivity index (χ3n) is 5.66. The van der Waals surface area contributed by atoms with Gasteiger partial charge in [-0.1, -0.05) is 55.8 Å². The summed E-state index contributed by atoms with van der Waals surface area (Å²) >= 11 is 0. The number of aromatic nitrogens is 1. The highest BCUT2D eigenvalue weighted by atomic mass is 16.1. The SMILES string of the molecule is CCN(CC)CCC[C@H](C)NC(=O)c1cc(-c2ccccc2)nc2ccc(C)cc12. The van der Waals surface area contributed by atoms with E-state index in [0.29, 0.717) is 5.56 Å². The summed E-state index contributed by atoms with van der Waals surface area (Å²) in [5.41, 5.74) is 4.50. The molecule has 1 aromatic heterocycles. The van der Waals surface area contributed by atoms with Crippen LogP contribution in [0.25, 0.3) is 22.2 Å². The number of aryl methyl sites for hydroxylation is 1. The van der Waals surface area contributed by atoms with E-state index in [4.69, 9.17) is 4.98 Å². The Hall–Kier alpha value is -2.72. The maximum Gasteiger partial charge on any atom is 0.252 e. The Morgan fingerprint density at radius 2 is 1.80 bits per heavy atom. The third kappa shape index (κ3) is 5.45. The van der Waals surface area contributed by atoms with Gasteiger partial charge in [0, 0.05) is 17.0 Å². The van der Waals surface area contributed by atoms with Crippen LogP contribution in [-0.2, 0) is 0 Å². The topological polar surface area (TPSA) is 45.2 Å². The van der Waals surface area contributed by atoms with Crippen LogP contribution in [0.3, 0.4) is 0 Å². The number of fused-ring (bicyclic) bond motifs is 1. The molecule has 3 aromatic rings. The van der Waals surface area contributed by atoms with Crippen molar-refractivity contribution in [2.45, 2.75) is 46.6 Å². The lowest BCUT2D eigenvalue weighted by molar-refractivity contribution is 0.0939. The van der Waals surface area contributed by atoms with Gasteiger partial charge in [-0.05, 0) is 64.5 Å². The Labute approximate surface area is 180 Å². The molecule has 4 nitrogen and oxygen atoms in total. The molecular weight excluding hydrogens is 370 g/mol. The summed E-state index contributed by atoms with van der Waals surface area (Å²) in [5, 5.41) is 4.12. The number of hydrogen-bond acceptors (Lipinski definition) is 3. The summed E-state index contributed by atoms with van der Waals surface area (Å²) in [5.74, 6) is -0.0273. The van der Waals surface area contributed by atoms with Crippen molar-refractivity contribution in [2.75, 3.05) is 19.6 Å². The quantitative estimate of drug-likeness (QED) is 0.517. The number of carbonyl (C=O) groups excluding carboxylic acids is 1. The van der Waals surface area contributed by atoms with E-state index in [1.54, 1.807) is 0 Å². The van der Waals surface area contributed by atoms with Gasteiger partial charge in [-0.15, -0.1) is 0 Å². The fourth-order valence-corrected chi connectivity index (χ4v) is 3.82. The Morgan fingerprint density at radius 1 is 1.07 bits per heavy atom. The molecule has 2 aromatic carbocycles. The van der Waals surface area contributed by atoms with E-state index in [9.17, 15) is 4.79 Å². The van der Waals surface area contributed by atoms with Crippen LogP contribution in [0.5, 0.6) is 0 Å². The van der Waals surface area contributed by atoms with Crippen molar-refractivity contribution in [2.24, 2.45) is 0 Å². The Kier molecular flexibility index (Phi) is 7.58. The van der Waals surface area contributed by atoms with Crippen molar-refractivity contribution < 1.29 is 4.79 Å². The van der Waals surface area contributed by atoms with Gasteiger partial charge in [0.25, 0.3) is 5.91 Å². The van der Waals surface area contributed by atoms with Crippen LogP contribution in [-0.4, -0.2) is 41.5 Å². The van der Waals surface area contributed by atoms with Gasteiger partial charge in [-0.2, -0.15) is 0 Å². The molecule has 30 heavy (non-hydrogen) atoms. The highest BCUT2D eigenvalue weighted by molar-refractivity contribution is 6.07. The third-order valence-corrected chi connectivity index (χ3v) is 5.66. The van der Waals surface area contributed by atoms with Crippen molar-refractivity contribution in [3.63, 3.8) is 0 Å². The minimum atomic E-state index is -0.0273. The van der Waals surface area contributed by atoms with E-state index in [1.165, 1.54) is 0 Å². The smallest absolute Gasteiger partial charge is 0.252 e. The van der Waals surface area contributed by atoms with Gasteiger partial charge in [-0.3, -0.25) is 4.79 Å². The van der Waals surface area contributed by atoms with Gasteiger partial charge in [0.15, 0.2) is 0 Å². The van der Waals surface area contributed by atoms with Crippen LogP contribution >= 0.6 is 0 Å². The second kappa shape index (κ2) is 10.4. The first-order valence-corrected chi connectivity index (χ1v) is 11.0. The van der Waals surface area contributed by atoms with E-state index in [1.807, 2.05) is 55.5 Å². The first kappa shape index (κ1) is 22.0. The first-order chi connectivity index (χ1) is 14.5. The lowest BCUT2D eigenvalue weighted by Gasteiger charge is -2.20. The number of nitrogens with zero attached hydrogens (tertiary/aromatic N) is 2. The molecule has 1 N–H and O–H groups in total. The van der Waals surface area contributed by atoms with E-state index >= 15 is 0 Å². The average molecular weight is 404 g/mol. The summed E-state index contributed by atoms with van der Waals surface area (Å²) in [6.45, 7) is 11.7. The van der Waals surface area contributed by atoms with Crippen molar-refractivity contribution >= 4 is 16.8 Å². The summed E-state index contributed by atoms with van der Waals surface area (Å²) < 4.78 is 0. The maximum atomic E-state index is 13.2. The number of rotatable bonds is 9.